The molecule has 7 nitrogen and oxygen atoms in total. The molecule has 2 aromatic carbocycles. The van der Waals surface area contributed by atoms with E-state index in [9.17, 15) is 9.59 Å². The maximum Gasteiger partial charge on any atom is 0.308 e. The van der Waals surface area contributed by atoms with Crippen LogP contribution in [0.1, 0.15) is 12.5 Å². The lowest BCUT2D eigenvalue weighted by Crippen LogP contribution is -2.08. The number of hydrogen-bond acceptors (Lipinski definition) is 6. The molecule has 132 valence electrons. The van der Waals surface area contributed by atoms with Gasteiger partial charge in [0.1, 0.15) is 5.52 Å². The molecule has 0 radical (unpaired) electrons. The Hall–Kier alpha value is -3.61. The molecule has 0 atom stereocenters. The number of esters is 1. The van der Waals surface area contributed by atoms with Crippen molar-refractivity contribution in [2.75, 3.05) is 12.4 Å². The first-order valence-electron chi connectivity index (χ1n) is 7.74. The number of nitrogens with one attached hydrogen (secondary N) is 1. The number of para-hydroxylation sites is 1. The molecular weight excluding hydrogens is 336 g/mol. The highest BCUT2D eigenvalue weighted by molar-refractivity contribution is 6.05. The van der Waals surface area contributed by atoms with Gasteiger partial charge in [0.2, 0.25) is 5.91 Å². The van der Waals surface area contributed by atoms with Crippen LogP contribution in [0.5, 0.6) is 11.5 Å². The van der Waals surface area contributed by atoms with Crippen LogP contribution in [0.25, 0.3) is 17.2 Å². The van der Waals surface area contributed by atoms with Gasteiger partial charge in [0, 0.05) is 13.0 Å². The van der Waals surface area contributed by atoms with Crippen molar-refractivity contribution >= 4 is 34.7 Å². The number of oxazole rings is 1. The summed E-state index contributed by atoms with van der Waals surface area (Å²) >= 11 is 0. The van der Waals surface area contributed by atoms with Gasteiger partial charge in [-0.1, -0.05) is 12.1 Å². The third-order valence-corrected chi connectivity index (χ3v) is 3.49. The van der Waals surface area contributed by atoms with Gasteiger partial charge in [-0.05, 0) is 35.9 Å². The Morgan fingerprint density at radius 3 is 2.81 bits per heavy atom. The molecule has 0 unspecified atom stereocenters. The van der Waals surface area contributed by atoms with Crippen molar-refractivity contribution in [2.45, 2.75) is 6.92 Å². The maximum absolute atomic E-state index is 12.2. The minimum atomic E-state index is -0.456. The average Bonchev–Trinajstić information content (AvgIpc) is 3.09. The van der Waals surface area contributed by atoms with Gasteiger partial charge in [0.25, 0.3) is 0 Å². The molecule has 1 heterocycles. The van der Waals surface area contributed by atoms with Gasteiger partial charge in [-0.15, -0.1) is 0 Å². The predicted octanol–water partition coefficient (Wildman–Crippen LogP) is 3.41. The number of methoxy groups -OCH3 is 1. The maximum atomic E-state index is 12.2. The number of carbonyl (C=O) groups is 2. The van der Waals surface area contributed by atoms with Crippen molar-refractivity contribution in [1.29, 1.82) is 0 Å². The third-order valence-electron chi connectivity index (χ3n) is 3.49. The zero-order chi connectivity index (χ0) is 18.5. The number of amides is 1. The van der Waals surface area contributed by atoms with Crippen LogP contribution < -0.4 is 14.8 Å². The van der Waals surface area contributed by atoms with Crippen LogP contribution in [-0.2, 0) is 9.59 Å². The zero-order valence-electron chi connectivity index (χ0n) is 14.2. The van der Waals surface area contributed by atoms with Crippen LogP contribution in [0.15, 0.2) is 53.3 Å². The van der Waals surface area contributed by atoms with E-state index in [1.807, 2.05) is 0 Å². The summed E-state index contributed by atoms with van der Waals surface area (Å²) in [5.41, 5.74) is 2.40. The first kappa shape index (κ1) is 17.2. The van der Waals surface area contributed by atoms with Crippen LogP contribution in [-0.4, -0.2) is 24.0 Å². The first-order valence-corrected chi connectivity index (χ1v) is 7.74. The van der Waals surface area contributed by atoms with Crippen LogP contribution >= 0.6 is 0 Å². The SMILES string of the molecule is COc1ccc(/C=C/C(=O)Nc2cccc3ocnc23)cc1OC(C)=O. The number of carbonyl (C=O) groups excluding carboxylic acids is 2. The number of hydrogen-bond donors (Lipinski definition) is 1. The smallest absolute Gasteiger partial charge is 0.308 e. The molecular formula is C19H16N2O5. The minimum absolute atomic E-state index is 0.287. The Balaban J connectivity index is 1.75. The summed E-state index contributed by atoms with van der Waals surface area (Å²) in [4.78, 5) is 27.4. The first-order chi connectivity index (χ1) is 12.6. The molecule has 3 rings (SSSR count). The van der Waals surface area contributed by atoms with Crippen LogP contribution in [0.3, 0.4) is 0 Å². The van der Waals surface area contributed by atoms with Crippen molar-refractivity contribution < 1.29 is 23.5 Å². The van der Waals surface area contributed by atoms with E-state index in [0.717, 1.165) is 0 Å². The van der Waals surface area contributed by atoms with Crippen molar-refractivity contribution in [1.82, 2.24) is 4.98 Å². The van der Waals surface area contributed by atoms with Gasteiger partial charge >= 0.3 is 5.97 Å². The number of fused-ring (bicyclic) bond motifs is 1. The molecule has 1 amide bonds. The van der Waals surface area contributed by atoms with Gasteiger partial charge in [-0.25, -0.2) is 4.98 Å². The van der Waals surface area contributed by atoms with E-state index in [4.69, 9.17) is 13.9 Å². The number of aromatic nitrogens is 1. The predicted molar refractivity (Wildman–Crippen MR) is 96.0 cm³/mol. The summed E-state index contributed by atoms with van der Waals surface area (Å²) in [5.74, 6) is -0.0670. The van der Waals surface area contributed by atoms with Gasteiger partial charge in [0.15, 0.2) is 23.5 Å². The van der Waals surface area contributed by atoms with E-state index in [1.165, 1.54) is 26.5 Å². The Bertz CT molecular complexity index is 991. The fraction of sp³-hybridized carbons (Fsp3) is 0.105. The summed E-state index contributed by atoms with van der Waals surface area (Å²) in [6.07, 6.45) is 4.30. The van der Waals surface area contributed by atoms with Crippen LogP contribution in [0.4, 0.5) is 5.69 Å². The highest BCUT2D eigenvalue weighted by atomic mass is 16.6. The third kappa shape index (κ3) is 3.89. The number of anilines is 1. The van der Waals surface area contributed by atoms with Gasteiger partial charge < -0.3 is 19.2 Å². The standard InChI is InChI=1S/C19H16N2O5/c1-12(22)26-17-10-13(6-8-15(17)24-2)7-9-18(23)21-14-4-3-5-16-19(14)20-11-25-16/h3-11H,1-2H3,(H,21,23)/b9-7+. The van der Waals surface area contributed by atoms with Crippen molar-refractivity contribution in [3.8, 4) is 11.5 Å². The molecule has 0 spiro atoms. The van der Waals surface area contributed by atoms with Gasteiger partial charge in [0.05, 0.1) is 12.8 Å². The Morgan fingerprint density at radius 2 is 2.04 bits per heavy atom. The molecule has 7 heteroatoms. The quantitative estimate of drug-likeness (QED) is 0.430. The Labute approximate surface area is 149 Å². The number of nitrogens with zero attached hydrogens (tertiary/aromatic N) is 1. The second-order valence-corrected chi connectivity index (χ2v) is 5.33. The highest BCUT2D eigenvalue weighted by Crippen LogP contribution is 2.28. The lowest BCUT2D eigenvalue weighted by atomic mass is 10.2. The molecule has 0 aliphatic rings. The van der Waals surface area contributed by atoms with Gasteiger partial charge in [-0.2, -0.15) is 0 Å². The van der Waals surface area contributed by atoms with E-state index in [0.29, 0.717) is 28.1 Å². The summed E-state index contributed by atoms with van der Waals surface area (Å²) in [7, 11) is 1.48. The second kappa shape index (κ2) is 7.52. The summed E-state index contributed by atoms with van der Waals surface area (Å²) in [6, 6.07) is 10.3. The average molecular weight is 352 g/mol. The normalized spacial score (nSPS) is 10.8. The summed E-state index contributed by atoms with van der Waals surface area (Å²) in [6.45, 7) is 1.31. The van der Waals surface area contributed by atoms with Crippen molar-refractivity contribution in [3.05, 3.63) is 54.4 Å². The number of benzene rings is 2. The fourth-order valence-electron chi connectivity index (χ4n) is 2.37. The zero-order valence-corrected chi connectivity index (χ0v) is 14.2. The fourth-order valence-corrected chi connectivity index (χ4v) is 2.37. The minimum Gasteiger partial charge on any atom is -0.493 e. The van der Waals surface area contributed by atoms with E-state index in [1.54, 1.807) is 42.5 Å². The number of rotatable bonds is 5. The topological polar surface area (TPSA) is 90.7 Å². The molecule has 0 aliphatic carbocycles. The largest absolute Gasteiger partial charge is 0.493 e. The van der Waals surface area contributed by atoms with Gasteiger partial charge in [-0.3, -0.25) is 9.59 Å². The lowest BCUT2D eigenvalue weighted by Gasteiger charge is -2.08. The van der Waals surface area contributed by atoms with E-state index >= 15 is 0 Å². The molecule has 3 aromatic rings. The van der Waals surface area contributed by atoms with Crippen molar-refractivity contribution in [2.24, 2.45) is 0 Å². The van der Waals surface area contributed by atoms with Crippen LogP contribution in [0, 0.1) is 0 Å². The van der Waals surface area contributed by atoms with E-state index in [2.05, 4.69) is 10.3 Å². The Kier molecular flexibility index (Phi) is 4.98. The monoisotopic (exact) mass is 352 g/mol. The lowest BCUT2D eigenvalue weighted by molar-refractivity contribution is -0.132. The molecule has 0 aliphatic heterocycles. The molecule has 26 heavy (non-hydrogen) atoms. The number of ether oxygens (including phenoxy) is 2. The summed E-state index contributed by atoms with van der Waals surface area (Å²) in [5, 5.41) is 2.75. The molecule has 1 aromatic heterocycles. The van der Waals surface area contributed by atoms with E-state index in [-0.39, 0.29) is 11.7 Å². The van der Waals surface area contributed by atoms with Crippen molar-refractivity contribution in [3.63, 3.8) is 0 Å². The molecule has 0 saturated heterocycles. The van der Waals surface area contributed by atoms with Crippen LogP contribution in [0.2, 0.25) is 0 Å². The highest BCUT2D eigenvalue weighted by Gasteiger charge is 2.09. The second-order valence-electron chi connectivity index (χ2n) is 5.33. The molecule has 0 fully saturated rings. The summed E-state index contributed by atoms with van der Waals surface area (Å²) < 4.78 is 15.4. The molecule has 0 saturated carbocycles. The van der Waals surface area contributed by atoms with E-state index < -0.39 is 5.97 Å². The Morgan fingerprint density at radius 1 is 1.19 bits per heavy atom. The molecule has 1 N–H and O–H groups in total. The molecule has 0 bridgehead atoms.